The van der Waals surface area contributed by atoms with Crippen molar-refractivity contribution >= 4 is 11.6 Å². The molecule has 1 aromatic heterocycles. The summed E-state index contributed by atoms with van der Waals surface area (Å²) in [5, 5.41) is 2.97. The van der Waals surface area contributed by atoms with Gasteiger partial charge in [0.05, 0.1) is 7.11 Å². The van der Waals surface area contributed by atoms with Crippen LogP contribution in [0.15, 0.2) is 42.6 Å². The number of carbonyl (C=O) groups is 1. The Morgan fingerprint density at radius 2 is 2.04 bits per heavy atom. The van der Waals surface area contributed by atoms with Gasteiger partial charge in [0.2, 0.25) is 0 Å². The zero-order valence-electron chi connectivity index (χ0n) is 13.3. The van der Waals surface area contributed by atoms with Gasteiger partial charge in [-0.05, 0) is 43.6 Å². The van der Waals surface area contributed by atoms with Crippen molar-refractivity contribution < 1.29 is 9.53 Å². The molecule has 0 bridgehead atoms. The molecule has 3 rings (SSSR count). The molecule has 0 unspecified atom stereocenters. The molecule has 5 nitrogen and oxygen atoms in total. The number of anilines is 1. The largest absolute Gasteiger partial charge is 0.497 e. The predicted molar refractivity (Wildman–Crippen MR) is 89.7 cm³/mol. The first-order valence-corrected chi connectivity index (χ1v) is 7.88. The van der Waals surface area contributed by atoms with Crippen molar-refractivity contribution in [3.8, 4) is 5.75 Å². The summed E-state index contributed by atoms with van der Waals surface area (Å²) >= 11 is 0. The summed E-state index contributed by atoms with van der Waals surface area (Å²) in [7, 11) is 1.57. The summed E-state index contributed by atoms with van der Waals surface area (Å²) in [5.74, 6) is 0.397. The topological polar surface area (TPSA) is 54.5 Å². The van der Waals surface area contributed by atoms with Crippen molar-refractivity contribution in [1.82, 2.24) is 9.88 Å². The van der Waals surface area contributed by atoms with E-state index in [-0.39, 0.29) is 5.91 Å². The summed E-state index contributed by atoms with van der Waals surface area (Å²) in [6.07, 6.45) is 4.08. The van der Waals surface area contributed by atoms with Gasteiger partial charge in [-0.3, -0.25) is 14.7 Å². The Labute approximate surface area is 136 Å². The van der Waals surface area contributed by atoms with Crippen LogP contribution in [0.2, 0.25) is 0 Å². The van der Waals surface area contributed by atoms with Crippen LogP contribution in [0.3, 0.4) is 0 Å². The van der Waals surface area contributed by atoms with Crippen LogP contribution in [0.5, 0.6) is 5.75 Å². The Morgan fingerprint density at radius 3 is 2.83 bits per heavy atom. The zero-order chi connectivity index (χ0) is 16.1. The van der Waals surface area contributed by atoms with Crippen molar-refractivity contribution in [1.29, 1.82) is 0 Å². The van der Waals surface area contributed by atoms with Crippen molar-refractivity contribution in [2.75, 3.05) is 25.5 Å². The molecule has 0 radical (unpaired) electrons. The van der Waals surface area contributed by atoms with Gasteiger partial charge in [-0.2, -0.15) is 0 Å². The molecule has 0 spiro atoms. The number of aromatic nitrogens is 1. The fourth-order valence-electron chi connectivity index (χ4n) is 2.81. The molecular weight excluding hydrogens is 290 g/mol. The number of hydrogen-bond donors (Lipinski definition) is 1. The van der Waals surface area contributed by atoms with Gasteiger partial charge in [-0.15, -0.1) is 0 Å². The van der Waals surface area contributed by atoms with Gasteiger partial charge in [0.15, 0.2) is 0 Å². The molecular formula is C18H21N3O2. The Hall–Kier alpha value is -2.40. The highest BCUT2D eigenvalue weighted by Gasteiger charge is 2.15. The molecule has 0 aliphatic carbocycles. The SMILES string of the molecule is COc1ccnc(C(=O)Nc2ccccc2CN2CCCC2)c1. The second-order valence-corrected chi connectivity index (χ2v) is 5.68. The van der Waals surface area contributed by atoms with E-state index in [0.29, 0.717) is 11.4 Å². The zero-order valence-corrected chi connectivity index (χ0v) is 13.3. The minimum Gasteiger partial charge on any atom is -0.497 e. The third-order valence-corrected chi connectivity index (χ3v) is 4.06. The minimum atomic E-state index is -0.224. The van der Waals surface area contributed by atoms with E-state index < -0.39 is 0 Å². The molecule has 1 fully saturated rings. The maximum Gasteiger partial charge on any atom is 0.274 e. The van der Waals surface area contributed by atoms with Crippen LogP contribution in [0.1, 0.15) is 28.9 Å². The van der Waals surface area contributed by atoms with E-state index in [4.69, 9.17) is 4.74 Å². The quantitative estimate of drug-likeness (QED) is 0.922. The third kappa shape index (κ3) is 3.87. The van der Waals surface area contributed by atoms with E-state index in [2.05, 4.69) is 21.3 Å². The molecule has 1 saturated heterocycles. The van der Waals surface area contributed by atoms with E-state index in [0.717, 1.165) is 30.9 Å². The number of likely N-dealkylation sites (tertiary alicyclic amines) is 1. The Kier molecular flexibility index (Phi) is 4.88. The second kappa shape index (κ2) is 7.24. The number of nitrogens with one attached hydrogen (secondary N) is 1. The number of carbonyl (C=O) groups excluding carboxylic acids is 1. The van der Waals surface area contributed by atoms with Gasteiger partial charge in [-0.25, -0.2) is 0 Å². The van der Waals surface area contributed by atoms with Crippen LogP contribution in [0, 0.1) is 0 Å². The van der Waals surface area contributed by atoms with Gasteiger partial charge in [0.25, 0.3) is 5.91 Å². The number of pyridine rings is 1. The van der Waals surface area contributed by atoms with Crippen molar-refractivity contribution in [2.45, 2.75) is 19.4 Å². The average Bonchev–Trinajstić information content (AvgIpc) is 3.09. The highest BCUT2D eigenvalue weighted by molar-refractivity contribution is 6.03. The van der Waals surface area contributed by atoms with Crippen LogP contribution in [-0.2, 0) is 6.54 Å². The van der Waals surface area contributed by atoms with Crippen molar-refractivity contribution in [2.24, 2.45) is 0 Å². The lowest BCUT2D eigenvalue weighted by Gasteiger charge is -2.17. The normalized spacial score (nSPS) is 14.7. The molecule has 0 atom stereocenters. The van der Waals surface area contributed by atoms with Crippen LogP contribution in [0.4, 0.5) is 5.69 Å². The van der Waals surface area contributed by atoms with E-state index in [9.17, 15) is 4.79 Å². The lowest BCUT2D eigenvalue weighted by molar-refractivity contribution is 0.102. The number of ether oxygens (including phenoxy) is 1. The number of rotatable bonds is 5. The third-order valence-electron chi connectivity index (χ3n) is 4.06. The standard InChI is InChI=1S/C18H21N3O2/c1-23-15-8-9-19-17(12-15)18(22)20-16-7-3-2-6-14(16)13-21-10-4-5-11-21/h2-3,6-9,12H,4-5,10-11,13H2,1H3,(H,20,22). The van der Waals surface area contributed by atoms with Gasteiger partial charge < -0.3 is 10.1 Å². The number of methoxy groups -OCH3 is 1. The summed E-state index contributed by atoms with van der Waals surface area (Å²) in [6.45, 7) is 3.11. The molecule has 1 aliphatic heterocycles. The smallest absolute Gasteiger partial charge is 0.274 e. The lowest BCUT2D eigenvalue weighted by atomic mass is 10.1. The summed E-state index contributed by atoms with van der Waals surface area (Å²) in [6, 6.07) is 11.3. The highest BCUT2D eigenvalue weighted by Crippen LogP contribution is 2.21. The average molecular weight is 311 g/mol. The number of nitrogens with zero attached hydrogens (tertiary/aromatic N) is 2. The van der Waals surface area contributed by atoms with E-state index in [1.165, 1.54) is 12.8 Å². The lowest BCUT2D eigenvalue weighted by Crippen LogP contribution is -2.21. The maximum atomic E-state index is 12.4. The highest BCUT2D eigenvalue weighted by atomic mass is 16.5. The van der Waals surface area contributed by atoms with Gasteiger partial charge in [0, 0.05) is 24.5 Å². The molecule has 2 aromatic rings. The van der Waals surface area contributed by atoms with Crippen LogP contribution in [-0.4, -0.2) is 36.0 Å². The summed E-state index contributed by atoms with van der Waals surface area (Å²) in [5.41, 5.74) is 2.32. The molecule has 1 aromatic carbocycles. The van der Waals surface area contributed by atoms with Gasteiger partial charge >= 0.3 is 0 Å². The molecule has 1 amide bonds. The van der Waals surface area contributed by atoms with Crippen LogP contribution < -0.4 is 10.1 Å². The number of benzene rings is 1. The van der Waals surface area contributed by atoms with E-state index in [1.54, 1.807) is 25.4 Å². The number of para-hydroxylation sites is 1. The first-order chi connectivity index (χ1) is 11.3. The van der Waals surface area contributed by atoms with Crippen LogP contribution in [0.25, 0.3) is 0 Å². The van der Waals surface area contributed by atoms with Crippen molar-refractivity contribution in [3.63, 3.8) is 0 Å². The van der Waals surface area contributed by atoms with Crippen molar-refractivity contribution in [3.05, 3.63) is 53.9 Å². The minimum absolute atomic E-state index is 0.224. The summed E-state index contributed by atoms with van der Waals surface area (Å²) < 4.78 is 5.14. The van der Waals surface area contributed by atoms with E-state index >= 15 is 0 Å². The molecule has 1 N–H and O–H groups in total. The van der Waals surface area contributed by atoms with Gasteiger partial charge in [0.1, 0.15) is 11.4 Å². The molecule has 0 saturated carbocycles. The molecule has 5 heteroatoms. The fraction of sp³-hybridized carbons (Fsp3) is 0.333. The second-order valence-electron chi connectivity index (χ2n) is 5.68. The number of hydrogen-bond acceptors (Lipinski definition) is 4. The monoisotopic (exact) mass is 311 g/mol. The first kappa shape index (κ1) is 15.5. The Bertz CT molecular complexity index is 681. The van der Waals surface area contributed by atoms with E-state index in [1.807, 2.05) is 18.2 Å². The summed E-state index contributed by atoms with van der Waals surface area (Å²) in [4.78, 5) is 19.0. The van der Waals surface area contributed by atoms with Crippen LogP contribution >= 0.6 is 0 Å². The molecule has 23 heavy (non-hydrogen) atoms. The molecule has 2 heterocycles. The molecule has 1 aliphatic rings. The fourth-order valence-corrected chi connectivity index (χ4v) is 2.81. The molecule has 120 valence electrons. The Morgan fingerprint density at radius 1 is 1.26 bits per heavy atom. The maximum absolute atomic E-state index is 12.4. The van der Waals surface area contributed by atoms with Gasteiger partial charge in [-0.1, -0.05) is 18.2 Å². The number of amides is 1. The predicted octanol–water partition coefficient (Wildman–Crippen LogP) is 2.94. The Balaban J connectivity index is 1.75. The first-order valence-electron chi connectivity index (χ1n) is 7.88.